The number of aliphatic hydroxyl groups is 1. The third-order valence-electron chi connectivity index (χ3n) is 10.6. The molecule has 1 saturated carbocycles. The highest BCUT2D eigenvalue weighted by Crippen LogP contribution is 2.42. The molecule has 4 aromatic rings. The zero-order chi connectivity index (χ0) is 35.6. The monoisotopic (exact) mass is 690 g/mol. The number of piperazine rings is 1. The highest BCUT2D eigenvalue weighted by molar-refractivity contribution is 5.98. The maximum absolute atomic E-state index is 14.8. The molecule has 3 aliphatic rings. The molecular formula is C42H50N4O5. The van der Waals surface area contributed by atoms with Gasteiger partial charge >= 0.3 is 6.09 Å². The summed E-state index contributed by atoms with van der Waals surface area (Å²) in [7, 11) is 0. The van der Waals surface area contributed by atoms with Gasteiger partial charge in [0.05, 0.1) is 36.8 Å². The molecule has 1 saturated heterocycles. The van der Waals surface area contributed by atoms with Crippen LogP contribution < -0.4 is 0 Å². The van der Waals surface area contributed by atoms with Crippen molar-refractivity contribution >= 4 is 12.0 Å². The lowest BCUT2D eigenvalue weighted by Gasteiger charge is -2.42. The number of ether oxygens (including phenoxy) is 2. The van der Waals surface area contributed by atoms with Gasteiger partial charge in [-0.25, -0.2) is 9.78 Å². The molecule has 3 atom stereocenters. The molecule has 2 aliphatic carbocycles. The molecule has 0 radical (unpaired) electrons. The SMILES string of the molecule is CC(C)(C)OC(=O)N1CCN(C(=O)c2ncn([C@H]3CCCC[C@]3(O)COC3Cc4ccccc4C3)c2-c2ccccc2)[C@H](Cc2ccccc2)C1. The highest BCUT2D eigenvalue weighted by atomic mass is 16.6. The number of amides is 2. The summed E-state index contributed by atoms with van der Waals surface area (Å²) < 4.78 is 14.3. The first-order valence-electron chi connectivity index (χ1n) is 18.4. The molecule has 1 aromatic heterocycles. The summed E-state index contributed by atoms with van der Waals surface area (Å²) in [5, 5.41) is 12.4. The van der Waals surface area contributed by atoms with Gasteiger partial charge < -0.3 is 28.9 Å². The number of aromatic nitrogens is 2. The van der Waals surface area contributed by atoms with Crippen molar-refractivity contribution in [3.05, 3.63) is 114 Å². The molecule has 2 heterocycles. The van der Waals surface area contributed by atoms with E-state index in [1.165, 1.54) is 11.1 Å². The van der Waals surface area contributed by atoms with E-state index < -0.39 is 11.2 Å². The topological polar surface area (TPSA) is 97.1 Å². The fourth-order valence-electron chi connectivity index (χ4n) is 8.12. The van der Waals surface area contributed by atoms with Crippen molar-refractivity contribution in [2.45, 2.75) is 95.1 Å². The number of imidazole rings is 1. The predicted octanol–water partition coefficient (Wildman–Crippen LogP) is 6.88. The van der Waals surface area contributed by atoms with Crippen LogP contribution in [0.1, 0.15) is 79.7 Å². The summed E-state index contributed by atoms with van der Waals surface area (Å²) in [4.78, 5) is 36.4. The molecule has 268 valence electrons. The minimum atomic E-state index is -1.12. The molecule has 3 aromatic carbocycles. The average molecular weight is 691 g/mol. The first kappa shape index (κ1) is 35.0. The second-order valence-electron chi connectivity index (χ2n) is 15.5. The predicted molar refractivity (Wildman–Crippen MR) is 196 cm³/mol. The van der Waals surface area contributed by atoms with Gasteiger partial charge in [-0.2, -0.15) is 0 Å². The summed E-state index contributed by atoms with van der Waals surface area (Å²) in [6.45, 7) is 6.86. The molecule has 51 heavy (non-hydrogen) atoms. The number of carbonyl (C=O) groups is 2. The van der Waals surface area contributed by atoms with Crippen LogP contribution in [0.2, 0.25) is 0 Å². The second-order valence-corrected chi connectivity index (χ2v) is 15.5. The van der Waals surface area contributed by atoms with Gasteiger partial charge in [-0.15, -0.1) is 0 Å². The Morgan fingerprint density at radius 1 is 0.902 bits per heavy atom. The number of carbonyl (C=O) groups excluding carboxylic acids is 2. The molecule has 1 aliphatic heterocycles. The Morgan fingerprint density at radius 2 is 1.57 bits per heavy atom. The van der Waals surface area contributed by atoms with Gasteiger partial charge in [-0.1, -0.05) is 97.8 Å². The van der Waals surface area contributed by atoms with Crippen LogP contribution in [-0.4, -0.2) is 86.0 Å². The van der Waals surface area contributed by atoms with Gasteiger partial charge in [0, 0.05) is 25.2 Å². The minimum absolute atomic E-state index is 0.0309. The number of hydrogen-bond donors (Lipinski definition) is 1. The van der Waals surface area contributed by atoms with Crippen molar-refractivity contribution < 1.29 is 24.2 Å². The van der Waals surface area contributed by atoms with E-state index in [1.54, 1.807) is 11.2 Å². The third kappa shape index (κ3) is 7.75. The van der Waals surface area contributed by atoms with Crippen LogP contribution in [-0.2, 0) is 28.7 Å². The molecular weight excluding hydrogens is 640 g/mol. The van der Waals surface area contributed by atoms with Crippen molar-refractivity contribution in [3.8, 4) is 11.3 Å². The van der Waals surface area contributed by atoms with Gasteiger partial charge in [0.2, 0.25) is 0 Å². The van der Waals surface area contributed by atoms with Crippen LogP contribution >= 0.6 is 0 Å². The molecule has 2 amide bonds. The zero-order valence-corrected chi connectivity index (χ0v) is 30.0. The standard InChI is InChI=1S/C42H50N4O5/c1-41(2,3)51-40(48)44-22-23-45(34(27-44)24-30-14-6-4-7-15-30)39(47)37-38(31-16-8-5-9-17-31)46(29-43-37)36-20-12-13-21-42(36,49)28-50-35-25-32-18-10-11-19-33(32)26-35/h4-11,14-19,29,34-36,49H,12-13,20-28H2,1-3H3/t34-,36+,42+/m1/s1. The summed E-state index contributed by atoms with van der Waals surface area (Å²) in [6.07, 6.45) is 6.91. The van der Waals surface area contributed by atoms with E-state index in [0.717, 1.165) is 43.2 Å². The lowest BCUT2D eigenvalue weighted by atomic mass is 9.80. The number of nitrogens with zero attached hydrogens (tertiary/aromatic N) is 4. The van der Waals surface area contributed by atoms with Gasteiger partial charge in [0.15, 0.2) is 5.69 Å². The minimum Gasteiger partial charge on any atom is -0.444 e. The second kappa shape index (κ2) is 14.6. The Bertz CT molecular complexity index is 1790. The van der Waals surface area contributed by atoms with E-state index in [0.29, 0.717) is 43.9 Å². The van der Waals surface area contributed by atoms with Gasteiger partial charge in [-0.3, -0.25) is 4.79 Å². The van der Waals surface area contributed by atoms with Crippen molar-refractivity contribution in [3.63, 3.8) is 0 Å². The normalized spacial score (nSPS) is 22.5. The third-order valence-corrected chi connectivity index (χ3v) is 10.6. The fourth-order valence-corrected chi connectivity index (χ4v) is 8.12. The molecule has 0 unspecified atom stereocenters. The van der Waals surface area contributed by atoms with Crippen LogP contribution in [0, 0.1) is 0 Å². The first-order valence-corrected chi connectivity index (χ1v) is 18.4. The summed E-state index contributed by atoms with van der Waals surface area (Å²) in [5.41, 5.74) is 3.89. The first-order chi connectivity index (χ1) is 24.6. The molecule has 9 heteroatoms. The van der Waals surface area contributed by atoms with Gasteiger partial charge in [-0.05, 0) is 69.6 Å². The summed E-state index contributed by atoms with van der Waals surface area (Å²) >= 11 is 0. The van der Waals surface area contributed by atoms with Crippen LogP contribution in [0.3, 0.4) is 0 Å². The average Bonchev–Trinajstić information content (AvgIpc) is 3.75. The summed E-state index contributed by atoms with van der Waals surface area (Å²) in [6, 6.07) is 27.8. The quantitative estimate of drug-likeness (QED) is 0.217. The van der Waals surface area contributed by atoms with E-state index in [-0.39, 0.29) is 36.8 Å². The number of hydrogen-bond acceptors (Lipinski definition) is 6. The van der Waals surface area contributed by atoms with E-state index >= 15 is 0 Å². The number of fused-ring (bicyclic) bond motifs is 1. The Hall–Kier alpha value is -4.47. The van der Waals surface area contributed by atoms with Crippen LogP contribution in [0.25, 0.3) is 11.3 Å². The molecule has 1 N–H and O–H groups in total. The van der Waals surface area contributed by atoms with Crippen LogP contribution in [0.4, 0.5) is 4.79 Å². The van der Waals surface area contributed by atoms with Crippen LogP contribution in [0.15, 0.2) is 91.3 Å². The summed E-state index contributed by atoms with van der Waals surface area (Å²) in [5.74, 6) is -0.184. The Morgan fingerprint density at radius 3 is 2.25 bits per heavy atom. The maximum atomic E-state index is 14.8. The van der Waals surface area contributed by atoms with E-state index in [9.17, 15) is 14.7 Å². The van der Waals surface area contributed by atoms with Crippen molar-refractivity contribution in [1.29, 1.82) is 0 Å². The molecule has 0 bridgehead atoms. The zero-order valence-electron chi connectivity index (χ0n) is 30.0. The maximum Gasteiger partial charge on any atom is 0.410 e. The van der Waals surface area contributed by atoms with Gasteiger partial charge in [0.25, 0.3) is 5.91 Å². The molecule has 0 spiro atoms. The lowest BCUT2D eigenvalue weighted by molar-refractivity contribution is -0.115. The van der Waals surface area contributed by atoms with E-state index in [1.807, 2.05) is 78.8 Å². The number of benzene rings is 3. The van der Waals surface area contributed by atoms with Crippen molar-refractivity contribution in [2.75, 3.05) is 26.2 Å². The Labute approximate surface area is 301 Å². The van der Waals surface area contributed by atoms with Crippen molar-refractivity contribution in [2.24, 2.45) is 0 Å². The highest BCUT2D eigenvalue weighted by Gasteiger charge is 2.44. The molecule has 9 nitrogen and oxygen atoms in total. The number of rotatable bonds is 8. The molecule has 7 rings (SSSR count). The Kier molecular flexibility index (Phi) is 10.0. The smallest absolute Gasteiger partial charge is 0.410 e. The lowest BCUT2D eigenvalue weighted by Crippen LogP contribution is -2.58. The van der Waals surface area contributed by atoms with Crippen molar-refractivity contribution in [1.82, 2.24) is 19.4 Å². The molecule has 2 fully saturated rings. The van der Waals surface area contributed by atoms with Crippen LogP contribution in [0.5, 0.6) is 0 Å². The van der Waals surface area contributed by atoms with Gasteiger partial charge in [0.1, 0.15) is 11.2 Å². The van der Waals surface area contributed by atoms with E-state index in [4.69, 9.17) is 14.5 Å². The Balaban J connectivity index is 1.18. The fraction of sp³-hybridized carbons (Fsp3) is 0.452. The largest absolute Gasteiger partial charge is 0.444 e. The van der Waals surface area contributed by atoms with E-state index in [2.05, 4.69) is 36.4 Å².